The fourth-order valence-electron chi connectivity index (χ4n) is 3.09. The second-order valence-electron chi connectivity index (χ2n) is 5.32. The summed E-state index contributed by atoms with van der Waals surface area (Å²) in [6.07, 6.45) is 7.56. The fourth-order valence-corrected chi connectivity index (χ4v) is 3.09. The van der Waals surface area contributed by atoms with Crippen molar-refractivity contribution in [2.24, 2.45) is 0 Å². The summed E-state index contributed by atoms with van der Waals surface area (Å²) < 4.78 is 11.3. The third kappa shape index (κ3) is 2.28. The Bertz CT molecular complexity index is 633. The lowest BCUT2D eigenvalue weighted by Gasteiger charge is -2.27. The van der Waals surface area contributed by atoms with Crippen LogP contribution in [0.5, 0.6) is 11.5 Å². The van der Waals surface area contributed by atoms with Crippen molar-refractivity contribution in [3.05, 3.63) is 42.4 Å². The molecule has 0 radical (unpaired) electrons. The van der Waals surface area contributed by atoms with Crippen LogP contribution in [-0.2, 0) is 0 Å². The molecular weight excluding hydrogens is 266 g/mol. The van der Waals surface area contributed by atoms with Gasteiger partial charge >= 0.3 is 0 Å². The van der Waals surface area contributed by atoms with E-state index < -0.39 is 0 Å². The highest BCUT2D eigenvalue weighted by Gasteiger charge is 2.28. The van der Waals surface area contributed by atoms with Crippen LogP contribution in [0.25, 0.3) is 0 Å². The Balaban J connectivity index is 1.66. The van der Waals surface area contributed by atoms with Crippen molar-refractivity contribution in [2.75, 3.05) is 24.7 Å². The second kappa shape index (κ2) is 5.24. The van der Waals surface area contributed by atoms with Crippen molar-refractivity contribution in [3.8, 4) is 11.5 Å². The predicted molar refractivity (Wildman–Crippen MR) is 78.8 cm³/mol. The van der Waals surface area contributed by atoms with Crippen LogP contribution < -0.4 is 14.4 Å². The zero-order valence-corrected chi connectivity index (χ0v) is 11.7. The minimum absolute atomic E-state index is 0.331. The molecule has 3 heterocycles. The molecule has 0 N–H and O–H groups in total. The molecule has 1 aromatic heterocycles. The van der Waals surface area contributed by atoms with Gasteiger partial charge in [0.15, 0.2) is 11.5 Å². The number of fused-ring (bicyclic) bond motifs is 1. The van der Waals surface area contributed by atoms with Gasteiger partial charge in [-0.05, 0) is 30.5 Å². The number of hydrogen-bond acceptors (Lipinski definition) is 5. The summed E-state index contributed by atoms with van der Waals surface area (Å²) in [6.45, 7) is 2.26. The third-order valence-electron chi connectivity index (χ3n) is 4.05. The van der Waals surface area contributed by atoms with Gasteiger partial charge in [0, 0.05) is 18.9 Å². The lowest BCUT2D eigenvalue weighted by atomic mass is 10.0. The number of anilines is 1. The standard InChI is InChI=1S/C16H17N3O2/c1-2-13(19(7-1)16-11-17-5-6-18-16)12-3-4-14-15(10-12)21-9-8-20-14/h3-6,10-11,13H,1-2,7-9H2. The van der Waals surface area contributed by atoms with Crippen molar-refractivity contribution in [3.63, 3.8) is 0 Å². The molecule has 1 unspecified atom stereocenters. The Morgan fingerprint density at radius 2 is 2.00 bits per heavy atom. The van der Waals surface area contributed by atoms with Gasteiger partial charge in [-0.3, -0.25) is 4.98 Å². The minimum Gasteiger partial charge on any atom is -0.486 e. The zero-order chi connectivity index (χ0) is 14.1. The van der Waals surface area contributed by atoms with Crippen LogP contribution in [0.1, 0.15) is 24.4 Å². The maximum Gasteiger partial charge on any atom is 0.161 e. The minimum atomic E-state index is 0.331. The first-order valence-corrected chi connectivity index (χ1v) is 7.34. The van der Waals surface area contributed by atoms with Gasteiger partial charge in [0.2, 0.25) is 0 Å². The molecule has 2 aliphatic rings. The van der Waals surface area contributed by atoms with E-state index in [1.165, 1.54) is 5.56 Å². The topological polar surface area (TPSA) is 47.5 Å². The van der Waals surface area contributed by atoms with Crippen LogP contribution in [0.4, 0.5) is 5.82 Å². The Morgan fingerprint density at radius 3 is 2.86 bits per heavy atom. The van der Waals surface area contributed by atoms with E-state index in [1.54, 1.807) is 12.4 Å². The number of benzene rings is 1. The molecule has 1 atom stereocenters. The molecule has 108 valence electrons. The summed E-state index contributed by atoms with van der Waals surface area (Å²) >= 11 is 0. The van der Waals surface area contributed by atoms with E-state index in [0.29, 0.717) is 19.3 Å². The molecule has 5 heteroatoms. The highest BCUT2D eigenvalue weighted by molar-refractivity contribution is 5.48. The van der Waals surface area contributed by atoms with Crippen molar-refractivity contribution in [1.29, 1.82) is 0 Å². The molecule has 0 saturated carbocycles. The average molecular weight is 283 g/mol. The Hall–Kier alpha value is -2.30. The van der Waals surface area contributed by atoms with Crippen molar-refractivity contribution >= 4 is 5.82 Å². The molecule has 4 rings (SSSR count). The van der Waals surface area contributed by atoms with E-state index in [1.807, 2.05) is 12.3 Å². The summed E-state index contributed by atoms with van der Waals surface area (Å²) in [5, 5.41) is 0. The third-order valence-corrected chi connectivity index (χ3v) is 4.05. The molecule has 0 amide bonds. The summed E-state index contributed by atoms with van der Waals surface area (Å²) in [7, 11) is 0. The molecule has 0 bridgehead atoms. The molecule has 0 aliphatic carbocycles. The zero-order valence-electron chi connectivity index (χ0n) is 11.7. The summed E-state index contributed by atoms with van der Waals surface area (Å²) in [5.74, 6) is 2.63. The van der Waals surface area contributed by atoms with Crippen LogP contribution in [0, 0.1) is 0 Å². The Kier molecular flexibility index (Phi) is 3.10. The van der Waals surface area contributed by atoms with Gasteiger partial charge in [0.25, 0.3) is 0 Å². The molecule has 2 aromatic rings. The molecule has 1 fully saturated rings. The lowest BCUT2D eigenvalue weighted by Crippen LogP contribution is -2.24. The lowest BCUT2D eigenvalue weighted by molar-refractivity contribution is 0.171. The fraction of sp³-hybridized carbons (Fsp3) is 0.375. The number of hydrogen-bond donors (Lipinski definition) is 0. The van der Waals surface area contributed by atoms with E-state index in [4.69, 9.17) is 9.47 Å². The molecule has 5 nitrogen and oxygen atoms in total. The van der Waals surface area contributed by atoms with Crippen LogP contribution >= 0.6 is 0 Å². The van der Waals surface area contributed by atoms with Crippen LogP contribution in [0.3, 0.4) is 0 Å². The predicted octanol–water partition coefficient (Wildman–Crippen LogP) is 2.59. The van der Waals surface area contributed by atoms with E-state index in [2.05, 4.69) is 27.0 Å². The molecule has 0 spiro atoms. The van der Waals surface area contributed by atoms with E-state index in [9.17, 15) is 0 Å². The van der Waals surface area contributed by atoms with Gasteiger partial charge in [-0.1, -0.05) is 6.07 Å². The summed E-state index contributed by atoms with van der Waals surface area (Å²) in [6, 6.07) is 6.58. The smallest absolute Gasteiger partial charge is 0.161 e. The van der Waals surface area contributed by atoms with Gasteiger partial charge in [-0.15, -0.1) is 0 Å². The first-order valence-electron chi connectivity index (χ1n) is 7.34. The Labute approximate surface area is 123 Å². The number of nitrogens with zero attached hydrogens (tertiary/aromatic N) is 3. The molecule has 21 heavy (non-hydrogen) atoms. The van der Waals surface area contributed by atoms with Gasteiger partial charge in [0.05, 0.1) is 12.2 Å². The van der Waals surface area contributed by atoms with Crippen LogP contribution in [0.2, 0.25) is 0 Å². The number of rotatable bonds is 2. The molecule has 1 aromatic carbocycles. The highest BCUT2D eigenvalue weighted by atomic mass is 16.6. The maximum atomic E-state index is 5.69. The number of aromatic nitrogens is 2. The maximum absolute atomic E-state index is 5.69. The molecule has 2 aliphatic heterocycles. The van der Waals surface area contributed by atoms with Gasteiger partial charge in [-0.2, -0.15) is 0 Å². The van der Waals surface area contributed by atoms with Crippen molar-refractivity contribution < 1.29 is 9.47 Å². The average Bonchev–Trinajstić information content (AvgIpc) is 3.05. The number of ether oxygens (including phenoxy) is 2. The summed E-state index contributed by atoms with van der Waals surface area (Å²) in [4.78, 5) is 10.9. The van der Waals surface area contributed by atoms with E-state index >= 15 is 0 Å². The SMILES string of the molecule is c1cnc(N2CCCC2c2ccc3c(c2)OCCO3)cn1. The second-order valence-corrected chi connectivity index (χ2v) is 5.32. The largest absolute Gasteiger partial charge is 0.486 e. The normalized spacial score (nSPS) is 20.6. The van der Waals surface area contributed by atoms with Gasteiger partial charge in [-0.25, -0.2) is 4.98 Å². The molecular formula is C16H17N3O2. The first kappa shape index (κ1) is 12.4. The van der Waals surface area contributed by atoms with Gasteiger partial charge in [0.1, 0.15) is 19.0 Å². The van der Waals surface area contributed by atoms with E-state index in [0.717, 1.165) is 36.7 Å². The monoisotopic (exact) mass is 283 g/mol. The molecule has 1 saturated heterocycles. The van der Waals surface area contributed by atoms with Gasteiger partial charge < -0.3 is 14.4 Å². The quantitative estimate of drug-likeness (QED) is 0.848. The van der Waals surface area contributed by atoms with Crippen LogP contribution in [0.15, 0.2) is 36.8 Å². The van der Waals surface area contributed by atoms with E-state index in [-0.39, 0.29) is 0 Å². The van der Waals surface area contributed by atoms with Crippen molar-refractivity contribution in [1.82, 2.24) is 9.97 Å². The Morgan fingerprint density at radius 1 is 1.10 bits per heavy atom. The first-order chi connectivity index (χ1) is 10.4. The van der Waals surface area contributed by atoms with Crippen molar-refractivity contribution in [2.45, 2.75) is 18.9 Å². The highest BCUT2D eigenvalue weighted by Crippen LogP contribution is 2.39. The van der Waals surface area contributed by atoms with Crippen LogP contribution in [-0.4, -0.2) is 29.7 Å². The summed E-state index contributed by atoms with van der Waals surface area (Å²) in [5.41, 5.74) is 1.25.